The Kier molecular flexibility index (Phi) is 7.77. The van der Waals surface area contributed by atoms with Gasteiger partial charge in [0, 0.05) is 43.5 Å². The van der Waals surface area contributed by atoms with Gasteiger partial charge in [-0.3, -0.25) is 9.59 Å². The Bertz CT molecular complexity index is 1370. The van der Waals surface area contributed by atoms with Gasteiger partial charge in [0.15, 0.2) is 0 Å². The molecule has 1 aromatic carbocycles. The Hall–Kier alpha value is -3.61. The molecular formula is C26H29ClN6O3. The third-order valence-electron chi connectivity index (χ3n) is 6.67. The van der Waals surface area contributed by atoms with Crippen LogP contribution in [0.2, 0.25) is 5.15 Å². The monoisotopic (exact) mass is 508 g/mol. The van der Waals surface area contributed by atoms with Crippen molar-refractivity contribution in [2.45, 2.75) is 50.8 Å². The number of hydrogen-bond acceptors (Lipinski definition) is 7. The molecule has 0 spiro atoms. The number of anilines is 3. The van der Waals surface area contributed by atoms with E-state index in [4.69, 9.17) is 16.3 Å². The number of pyridine rings is 2. The SMILES string of the molecule is COC1CCC(NC(=O)[C@@H](C)Nc2cc(=O)n(C)c3c(Nc4ccnc(Cl)c4C#N)cccc23)CC1. The van der Waals surface area contributed by atoms with E-state index in [0.717, 1.165) is 31.1 Å². The smallest absolute Gasteiger partial charge is 0.252 e. The number of carbonyl (C=O) groups is 1. The van der Waals surface area contributed by atoms with Crippen molar-refractivity contribution in [3.05, 3.63) is 57.6 Å². The number of rotatable bonds is 7. The summed E-state index contributed by atoms with van der Waals surface area (Å²) < 4.78 is 6.94. The molecule has 0 aliphatic heterocycles. The number of halogens is 1. The maximum atomic E-state index is 12.9. The van der Waals surface area contributed by atoms with Crippen molar-refractivity contribution in [1.82, 2.24) is 14.9 Å². The number of aromatic nitrogens is 2. The predicted octanol–water partition coefficient (Wildman–Crippen LogP) is 4.08. The first-order valence-electron chi connectivity index (χ1n) is 11.9. The van der Waals surface area contributed by atoms with Gasteiger partial charge in [0.1, 0.15) is 22.8 Å². The van der Waals surface area contributed by atoms with Crippen molar-refractivity contribution in [1.29, 1.82) is 5.26 Å². The summed E-state index contributed by atoms with van der Waals surface area (Å²) in [5, 5.41) is 19.9. The van der Waals surface area contributed by atoms with Gasteiger partial charge in [0.2, 0.25) is 5.91 Å². The van der Waals surface area contributed by atoms with Crippen LogP contribution in [0.15, 0.2) is 41.3 Å². The van der Waals surface area contributed by atoms with E-state index >= 15 is 0 Å². The van der Waals surface area contributed by atoms with Gasteiger partial charge in [-0.15, -0.1) is 0 Å². The lowest BCUT2D eigenvalue weighted by molar-refractivity contribution is -0.122. The third-order valence-corrected chi connectivity index (χ3v) is 6.95. The summed E-state index contributed by atoms with van der Waals surface area (Å²) >= 11 is 6.08. The zero-order valence-electron chi connectivity index (χ0n) is 20.5. The molecule has 3 aromatic rings. The molecule has 0 bridgehead atoms. The molecule has 2 heterocycles. The Balaban J connectivity index is 1.60. The number of nitrogens with one attached hydrogen (secondary N) is 3. The van der Waals surface area contributed by atoms with Crippen LogP contribution in [-0.2, 0) is 16.6 Å². The minimum absolute atomic E-state index is 0.0922. The number of para-hydroxylation sites is 1. The number of nitrogens with zero attached hydrogens (tertiary/aromatic N) is 3. The second-order valence-corrected chi connectivity index (χ2v) is 9.36. The summed E-state index contributed by atoms with van der Waals surface area (Å²) in [6.45, 7) is 1.78. The number of ether oxygens (including phenoxy) is 1. The van der Waals surface area contributed by atoms with E-state index < -0.39 is 6.04 Å². The molecule has 3 N–H and O–H groups in total. The molecule has 1 aliphatic carbocycles. The van der Waals surface area contributed by atoms with Crippen LogP contribution in [0.4, 0.5) is 17.1 Å². The highest BCUT2D eigenvalue weighted by molar-refractivity contribution is 6.31. The minimum atomic E-state index is -0.554. The fraction of sp³-hybridized carbons (Fsp3) is 0.385. The molecule has 1 aliphatic rings. The van der Waals surface area contributed by atoms with Crippen LogP contribution in [0, 0.1) is 11.3 Å². The van der Waals surface area contributed by atoms with Gasteiger partial charge in [0.25, 0.3) is 5.56 Å². The average Bonchev–Trinajstić information content (AvgIpc) is 2.87. The number of fused-ring (bicyclic) bond motifs is 1. The largest absolute Gasteiger partial charge is 0.381 e. The number of carbonyl (C=O) groups excluding carboxylic acids is 1. The number of aryl methyl sites for hydroxylation is 1. The topological polar surface area (TPSA) is 121 Å². The molecule has 1 atom stereocenters. The number of benzene rings is 1. The van der Waals surface area contributed by atoms with Crippen molar-refractivity contribution >= 4 is 45.5 Å². The van der Waals surface area contributed by atoms with Crippen LogP contribution >= 0.6 is 11.6 Å². The molecule has 1 fully saturated rings. The van der Waals surface area contributed by atoms with Gasteiger partial charge >= 0.3 is 0 Å². The Morgan fingerprint density at radius 2 is 1.97 bits per heavy atom. The fourth-order valence-electron chi connectivity index (χ4n) is 4.61. The quantitative estimate of drug-likeness (QED) is 0.411. The van der Waals surface area contributed by atoms with Crippen LogP contribution in [0.25, 0.3) is 10.9 Å². The molecule has 4 rings (SSSR count). The van der Waals surface area contributed by atoms with Gasteiger partial charge in [-0.1, -0.05) is 23.7 Å². The van der Waals surface area contributed by atoms with E-state index in [2.05, 4.69) is 27.0 Å². The lowest BCUT2D eigenvalue weighted by atomic mass is 9.93. The lowest BCUT2D eigenvalue weighted by Gasteiger charge is -2.29. The molecule has 2 aromatic heterocycles. The van der Waals surface area contributed by atoms with Crippen LogP contribution in [0.3, 0.4) is 0 Å². The maximum Gasteiger partial charge on any atom is 0.252 e. The molecule has 9 nitrogen and oxygen atoms in total. The second-order valence-electron chi connectivity index (χ2n) is 9.00. The van der Waals surface area contributed by atoms with Crippen LogP contribution in [-0.4, -0.2) is 40.8 Å². The number of hydrogen-bond donors (Lipinski definition) is 3. The van der Waals surface area contributed by atoms with Crippen molar-refractivity contribution in [3.8, 4) is 6.07 Å². The Morgan fingerprint density at radius 3 is 2.67 bits per heavy atom. The van der Waals surface area contributed by atoms with E-state index in [1.54, 1.807) is 27.1 Å². The standard InChI is InChI=1S/C26H29ClN6O3/c1-15(26(35)31-16-7-9-17(36-3)10-8-16)30-22-13-23(34)33(2)24-18(22)5-4-6-21(24)32-20-11-12-29-25(27)19(20)14-28/h4-6,11-13,15-17,30H,7-10H2,1-3H3,(H,29,32)(H,31,35)/t15-,16?,17?/m1/s1. The average molecular weight is 509 g/mol. The molecule has 1 amide bonds. The van der Waals surface area contributed by atoms with E-state index in [-0.39, 0.29) is 34.3 Å². The number of methoxy groups -OCH3 is 1. The van der Waals surface area contributed by atoms with Crippen molar-refractivity contribution in [2.75, 3.05) is 17.7 Å². The second kappa shape index (κ2) is 11.0. The van der Waals surface area contributed by atoms with E-state index in [0.29, 0.717) is 22.6 Å². The number of nitriles is 1. The van der Waals surface area contributed by atoms with Crippen molar-refractivity contribution < 1.29 is 9.53 Å². The maximum absolute atomic E-state index is 12.9. The van der Waals surface area contributed by atoms with Crippen molar-refractivity contribution in [2.24, 2.45) is 7.05 Å². The van der Waals surface area contributed by atoms with Gasteiger partial charge < -0.3 is 25.3 Å². The number of amides is 1. The summed E-state index contributed by atoms with van der Waals surface area (Å²) in [4.78, 5) is 29.7. The first-order chi connectivity index (χ1) is 17.3. The third kappa shape index (κ3) is 5.30. The van der Waals surface area contributed by atoms with Crippen LogP contribution < -0.4 is 21.5 Å². The highest BCUT2D eigenvalue weighted by Gasteiger charge is 2.24. The van der Waals surface area contributed by atoms with Gasteiger partial charge in [-0.2, -0.15) is 5.26 Å². The van der Waals surface area contributed by atoms with E-state index in [1.807, 2.05) is 18.2 Å². The normalized spacial score (nSPS) is 18.3. The molecule has 10 heteroatoms. The first-order valence-corrected chi connectivity index (χ1v) is 12.2. The minimum Gasteiger partial charge on any atom is -0.381 e. The van der Waals surface area contributed by atoms with Gasteiger partial charge in [-0.25, -0.2) is 4.98 Å². The van der Waals surface area contributed by atoms with Gasteiger partial charge in [-0.05, 0) is 44.7 Å². The summed E-state index contributed by atoms with van der Waals surface area (Å²) in [6.07, 6.45) is 5.37. The zero-order chi connectivity index (χ0) is 25.8. The van der Waals surface area contributed by atoms with Crippen molar-refractivity contribution in [3.63, 3.8) is 0 Å². The summed E-state index contributed by atoms with van der Waals surface area (Å²) in [5.74, 6) is -0.121. The highest BCUT2D eigenvalue weighted by Crippen LogP contribution is 2.32. The Morgan fingerprint density at radius 1 is 1.22 bits per heavy atom. The molecule has 1 saturated carbocycles. The molecule has 36 heavy (non-hydrogen) atoms. The fourth-order valence-corrected chi connectivity index (χ4v) is 4.81. The summed E-state index contributed by atoms with van der Waals surface area (Å²) in [6, 6.07) is 10.3. The molecule has 0 saturated heterocycles. The molecular weight excluding hydrogens is 480 g/mol. The lowest BCUT2D eigenvalue weighted by Crippen LogP contribution is -2.45. The van der Waals surface area contributed by atoms with Gasteiger partial charge in [0.05, 0.1) is 23.0 Å². The van der Waals surface area contributed by atoms with Crippen LogP contribution in [0.1, 0.15) is 38.2 Å². The molecule has 0 unspecified atom stereocenters. The molecule has 0 radical (unpaired) electrons. The summed E-state index contributed by atoms with van der Waals surface area (Å²) in [5.41, 5.74) is 2.23. The van der Waals surface area contributed by atoms with Crippen LogP contribution in [0.5, 0.6) is 0 Å². The molecule has 188 valence electrons. The van der Waals surface area contributed by atoms with E-state index in [9.17, 15) is 14.9 Å². The predicted molar refractivity (Wildman–Crippen MR) is 141 cm³/mol. The summed E-state index contributed by atoms with van der Waals surface area (Å²) in [7, 11) is 3.40. The van der Waals surface area contributed by atoms with E-state index in [1.165, 1.54) is 16.8 Å². The highest BCUT2D eigenvalue weighted by atomic mass is 35.5. The Labute approximate surface area is 214 Å². The zero-order valence-corrected chi connectivity index (χ0v) is 21.2. The first kappa shape index (κ1) is 25.5.